The summed E-state index contributed by atoms with van der Waals surface area (Å²) in [6.45, 7) is 0.319. The number of amides is 3. The van der Waals surface area contributed by atoms with Crippen LogP contribution in [0, 0.1) is 0 Å². The molecule has 0 heterocycles. The van der Waals surface area contributed by atoms with Gasteiger partial charge in [0, 0.05) is 34.3 Å². The van der Waals surface area contributed by atoms with E-state index in [2.05, 4.69) is 10.6 Å². The monoisotopic (exact) mass is 473 g/mol. The summed E-state index contributed by atoms with van der Waals surface area (Å²) in [5.41, 5.74) is 9.05. The number of rotatable bonds is 8. The van der Waals surface area contributed by atoms with Gasteiger partial charge in [-0.25, -0.2) is 0 Å². The molecule has 1 aliphatic carbocycles. The predicted molar refractivity (Wildman–Crippen MR) is 133 cm³/mol. The first kappa shape index (κ1) is 23.3. The highest BCUT2D eigenvalue weighted by molar-refractivity contribution is 6.31. The van der Waals surface area contributed by atoms with Crippen LogP contribution in [0.25, 0.3) is 11.6 Å². The van der Waals surface area contributed by atoms with Crippen LogP contribution in [0.15, 0.2) is 72.8 Å². The number of halogens is 1. The Bertz CT molecular complexity index is 1250. The van der Waals surface area contributed by atoms with Gasteiger partial charge < -0.3 is 16.4 Å². The highest BCUT2D eigenvalue weighted by atomic mass is 35.5. The van der Waals surface area contributed by atoms with E-state index < -0.39 is 5.91 Å². The van der Waals surface area contributed by atoms with Crippen LogP contribution >= 0.6 is 11.6 Å². The van der Waals surface area contributed by atoms with E-state index in [1.165, 1.54) is 0 Å². The largest absolute Gasteiger partial charge is 0.366 e. The van der Waals surface area contributed by atoms with Crippen molar-refractivity contribution in [2.45, 2.75) is 25.4 Å². The smallest absolute Gasteiger partial charge is 0.252 e. The van der Waals surface area contributed by atoms with E-state index in [4.69, 9.17) is 17.3 Å². The van der Waals surface area contributed by atoms with Crippen molar-refractivity contribution in [2.75, 3.05) is 0 Å². The van der Waals surface area contributed by atoms with Gasteiger partial charge in [0.15, 0.2) is 0 Å². The van der Waals surface area contributed by atoms with Crippen LogP contribution in [0.2, 0.25) is 5.02 Å². The Labute approximate surface area is 202 Å². The molecule has 172 valence electrons. The zero-order valence-electron chi connectivity index (χ0n) is 18.4. The van der Waals surface area contributed by atoms with E-state index >= 15 is 0 Å². The Morgan fingerprint density at radius 1 is 0.912 bits per heavy atom. The predicted octanol–water partition coefficient (Wildman–Crippen LogP) is 4.19. The summed E-state index contributed by atoms with van der Waals surface area (Å²) in [5, 5.41) is 6.43. The average Bonchev–Trinajstić information content (AvgIpc) is 3.65. The maximum absolute atomic E-state index is 12.9. The lowest BCUT2D eigenvalue weighted by atomic mass is 10.0. The van der Waals surface area contributed by atoms with E-state index in [-0.39, 0.29) is 17.9 Å². The van der Waals surface area contributed by atoms with E-state index in [0.717, 1.165) is 29.5 Å². The fourth-order valence-corrected chi connectivity index (χ4v) is 3.59. The maximum Gasteiger partial charge on any atom is 0.252 e. The lowest BCUT2D eigenvalue weighted by Gasteiger charge is -2.10. The summed E-state index contributed by atoms with van der Waals surface area (Å²) in [6, 6.07) is 21.2. The van der Waals surface area contributed by atoms with Crippen LogP contribution in [-0.4, -0.2) is 23.8 Å². The molecule has 0 saturated heterocycles. The topological polar surface area (TPSA) is 101 Å². The fraction of sp³-hybridized carbons (Fsp3) is 0.148. The molecule has 4 N–H and O–H groups in total. The van der Waals surface area contributed by atoms with Gasteiger partial charge in [-0.05, 0) is 72.0 Å². The molecular weight excluding hydrogens is 450 g/mol. The maximum atomic E-state index is 12.9. The Hall–Kier alpha value is -3.90. The van der Waals surface area contributed by atoms with Crippen LogP contribution in [0.5, 0.6) is 0 Å². The third-order valence-corrected chi connectivity index (χ3v) is 5.70. The molecule has 0 radical (unpaired) electrons. The van der Waals surface area contributed by atoms with E-state index in [1.807, 2.05) is 12.1 Å². The van der Waals surface area contributed by atoms with Crippen molar-refractivity contribution in [1.29, 1.82) is 0 Å². The van der Waals surface area contributed by atoms with Crippen molar-refractivity contribution in [3.63, 3.8) is 0 Å². The van der Waals surface area contributed by atoms with Crippen LogP contribution in [-0.2, 0) is 11.3 Å². The quantitative estimate of drug-likeness (QED) is 0.337. The summed E-state index contributed by atoms with van der Waals surface area (Å²) in [6.07, 6.45) is 3.78. The molecule has 3 aromatic carbocycles. The molecule has 3 aromatic rings. The van der Waals surface area contributed by atoms with Gasteiger partial charge in [0.2, 0.25) is 5.91 Å². The second kappa shape index (κ2) is 10.4. The summed E-state index contributed by atoms with van der Waals surface area (Å²) in [7, 11) is 0. The molecule has 1 fully saturated rings. The molecule has 0 unspecified atom stereocenters. The Kier molecular flexibility index (Phi) is 7.09. The van der Waals surface area contributed by atoms with Gasteiger partial charge in [0.1, 0.15) is 0 Å². The molecule has 6 nitrogen and oxygen atoms in total. The molecule has 0 atom stereocenters. The second-order valence-electron chi connectivity index (χ2n) is 8.18. The van der Waals surface area contributed by atoms with Crippen molar-refractivity contribution >= 4 is 41.0 Å². The first-order valence-electron chi connectivity index (χ1n) is 10.9. The van der Waals surface area contributed by atoms with Crippen LogP contribution in [0.3, 0.4) is 0 Å². The van der Waals surface area contributed by atoms with E-state index in [9.17, 15) is 14.4 Å². The zero-order chi connectivity index (χ0) is 24.1. The Balaban J connectivity index is 1.46. The van der Waals surface area contributed by atoms with Crippen LogP contribution < -0.4 is 16.4 Å². The van der Waals surface area contributed by atoms with Crippen molar-refractivity contribution in [2.24, 2.45) is 5.73 Å². The minimum absolute atomic E-state index is 0.144. The third kappa shape index (κ3) is 6.11. The lowest BCUT2D eigenvalue weighted by Crippen LogP contribution is -2.26. The number of nitrogens with one attached hydrogen (secondary N) is 2. The van der Waals surface area contributed by atoms with Crippen molar-refractivity contribution < 1.29 is 14.4 Å². The average molecular weight is 474 g/mol. The first-order valence-corrected chi connectivity index (χ1v) is 11.3. The lowest BCUT2D eigenvalue weighted by molar-refractivity contribution is -0.115. The first-order chi connectivity index (χ1) is 16.4. The summed E-state index contributed by atoms with van der Waals surface area (Å²) in [5.74, 6) is -0.863. The number of nitrogens with two attached hydrogens (primary N) is 1. The summed E-state index contributed by atoms with van der Waals surface area (Å²) in [4.78, 5) is 36.6. The number of carbonyl (C=O) groups excluding carboxylic acids is 3. The minimum atomic E-state index is -0.492. The molecule has 4 rings (SSSR count). The van der Waals surface area contributed by atoms with Crippen LogP contribution in [0.1, 0.15) is 50.2 Å². The highest BCUT2D eigenvalue weighted by Crippen LogP contribution is 2.25. The van der Waals surface area contributed by atoms with Gasteiger partial charge in [-0.1, -0.05) is 48.0 Å². The SMILES string of the molecule is NC(=O)c1ccc(CNC(=O)c2ccc(/C=C(/C(=O)NC3CC3)c3cccc(Cl)c3)cc2)cc1. The number of carbonyl (C=O) groups is 3. The zero-order valence-corrected chi connectivity index (χ0v) is 19.1. The van der Waals surface area contributed by atoms with E-state index in [0.29, 0.717) is 28.3 Å². The highest BCUT2D eigenvalue weighted by Gasteiger charge is 2.25. The molecule has 1 saturated carbocycles. The van der Waals surface area contributed by atoms with Gasteiger partial charge in [0.25, 0.3) is 11.8 Å². The number of primary amides is 1. The number of hydrogen-bond acceptors (Lipinski definition) is 3. The summed E-state index contributed by atoms with van der Waals surface area (Å²) < 4.78 is 0. The fourth-order valence-electron chi connectivity index (χ4n) is 3.40. The van der Waals surface area contributed by atoms with Gasteiger partial charge in [0.05, 0.1) is 0 Å². The minimum Gasteiger partial charge on any atom is -0.366 e. The molecule has 0 aromatic heterocycles. The molecule has 0 bridgehead atoms. The van der Waals surface area contributed by atoms with E-state index in [1.54, 1.807) is 66.7 Å². The molecule has 0 spiro atoms. The van der Waals surface area contributed by atoms with Gasteiger partial charge in [-0.3, -0.25) is 14.4 Å². The third-order valence-electron chi connectivity index (χ3n) is 5.47. The molecular formula is C27H24ClN3O3. The standard InChI is InChI=1S/C27H24ClN3O3/c28-22-3-1-2-21(15-22)24(27(34)31-23-12-13-23)14-17-4-10-20(11-5-17)26(33)30-16-18-6-8-19(9-7-18)25(29)32/h1-11,14-15,23H,12-13,16H2,(H2,29,32)(H,30,33)(H,31,34)/b24-14+. The Morgan fingerprint density at radius 2 is 1.59 bits per heavy atom. The number of benzene rings is 3. The second-order valence-corrected chi connectivity index (χ2v) is 8.62. The Morgan fingerprint density at radius 3 is 2.21 bits per heavy atom. The van der Waals surface area contributed by atoms with Gasteiger partial charge in [-0.15, -0.1) is 0 Å². The molecule has 34 heavy (non-hydrogen) atoms. The van der Waals surface area contributed by atoms with Gasteiger partial charge in [-0.2, -0.15) is 0 Å². The van der Waals surface area contributed by atoms with Crippen molar-refractivity contribution in [3.05, 3.63) is 106 Å². The molecule has 0 aliphatic heterocycles. The normalized spacial score (nSPS) is 13.3. The molecule has 3 amide bonds. The van der Waals surface area contributed by atoms with Crippen molar-refractivity contribution in [3.8, 4) is 0 Å². The summed E-state index contributed by atoms with van der Waals surface area (Å²) >= 11 is 6.14. The molecule has 1 aliphatic rings. The van der Waals surface area contributed by atoms with Crippen LogP contribution in [0.4, 0.5) is 0 Å². The van der Waals surface area contributed by atoms with Gasteiger partial charge >= 0.3 is 0 Å². The molecule has 7 heteroatoms. The number of hydrogen-bond donors (Lipinski definition) is 3. The van der Waals surface area contributed by atoms with Crippen molar-refractivity contribution in [1.82, 2.24) is 10.6 Å².